The second-order valence-electron chi connectivity index (χ2n) is 8.61. The van der Waals surface area contributed by atoms with E-state index in [0.29, 0.717) is 10.6 Å². The summed E-state index contributed by atoms with van der Waals surface area (Å²) >= 11 is 0. The highest BCUT2D eigenvalue weighted by molar-refractivity contribution is 7.92. The number of aryl methyl sites for hydroxylation is 3. The van der Waals surface area contributed by atoms with Crippen LogP contribution in [0.4, 0.5) is 17.1 Å². The van der Waals surface area contributed by atoms with Crippen molar-refractivity contribution in [3.05, 3.63) is 82.9 Å². The van der Waals surface area contributed by atoms with Crippen LogP contribution in [-0.2, 0) is 10.0 Å². The van der Waals surface area contributed by atoms with E-state index in [0.717, 1.165) is 43.0 Å². The Balaban J connectivity index is 1.42. The Bertz CT molecular complexity index is 1210. The van der Waals surface area contributed by atoms with Gasteiger partial charge in [-0.25, -0.2) is 8.42 Å². The maximum atomic E-state index is 12.9. The van der Waals surface area contributed by atoms with Crippen LogP contribution in [0.25, 0.3) is 0 Å². The number of rotatable bonds is 5. The van der Waals surface area contributed by atoms with Gasteiger partial charge in [-0.15, -0.1) is 0 Å². The van der Waals surface area contributed by atoms with Crippen LogP contribution in [0.15, 0.2) is 65.6 Å². The van der Waals surface area contributed by atoms with Crippen molar-refractivity contribution in [1.82, 2.24) is 0 Å². The van der Waals surface area contributed by atoms with Crippen LogP contribution in [-0.4, -0.2) is 34.6 Å². The molecule has 0 saturated carbocycles. The molecule has 1 saturated heterocycles. The Morgan fingerprint density at radius 1 is 0.750 bits per heavy atom. The molecule has 1 N–H and O–H groups in total. The largest absolute Gasteiger partial charge is 0.368 e. The van der Waals surface area contributed by atoms with Crippen LogP contribution in [0.2, 0.25) is 0 Å². The minimum atomic E-state index is -3.62. The van der Waals surface area contributed by atoms with Gasteiger partial charge in [0.1, 0.15) is 0 Å². The summed E-state index contributed by atoms with van der Waals surface area (Å²) in [5.41, 5.74) is 7.34. The molecule has 0 radical (unpaired) electrons. The third kappa shape index (κ3) is 4.60. The number of hydrogen-bond donors (Lipinski definition) is 1. The van der Waals surface area contributed by atoms with E-state index in [1.54, 1.807) is 6.07 Å². The van der Waals surface area contributed by atoms with E-state index in [2.05, 4.69) is 46.6 Å². The highest BCUT2D eigenvalue weighted by Gasteiger charge is 2.20. The maximum absolute atomic E-state index is 12.9. The topological polar surface area (TPSA) is 52.7 Å². The molecule has 32 heavy (non-hydrogen) atoms. The first-order valence-electron chi connectivity index (χ1n) is 11.0. The maximum Gasteiger partial charge on any atom is 0.262 e. The highest BCUT2D eigenvalue weighted by atomic mass is 32.2. The molecule has 0 bridgehead atoms. The summed E-state index contributed by atoms with van der Waals surface area (Å²) in [6.07, 6.45) is 0. The molecule has 3 aromatic rings. The van der Waals surface area contributed by atoms with Gasteiger partial charge in [-0.2, -0.15) is 0 Å². The highest BCUT2D eigenvalue weighted by Crippen LogP contribution is 2.27. The normalized spacial score (nSPS) is 14.5. The lowest BCUT2D eigenvalue weighted by Gasteiger charge is -2.38. The van der Waals surface area contributed by atoms with Crippen molar-refractivity contribution < 1.29 is 8.42 Å². The Kier molecular flexibility index (Phi) is 6.15. The molecule has 1 fully saturated rings. The molecule has 6 heteroatoms. The van der Waals surface area contributed by atoms with Gasteiger partial charge in [-0.1, -0.05) is 24.3 Å². The average Bonchev–Trinajstić information content (AvgIpc) is 2.78. The molecular formula is C26H31N3O2S. The van der Waals surface area contributed by atoms with Crippen molar-refractivity contribution in [1.29, 1.82) is 0 Å². The lowest BCUT2D eigenvalue weighted by Crippen LogP contribution is -2.46. The molecule has 1 aliphatic rings. The molecule has 5 nitrogen and oxygen atoms in total. The summed E-state index contributed by atoms with van der Waals surface area (Å²) in [5.74, 6) is 0. The number of piperazine rings is 1. The lowest BCUT2D eigenvalue weighted by atomic mass is 10.1. The van der Waals surface area contributed by atoms with Gasteiger partial charge >= 0.3 is 0 Å². The van der Waals surface area contributed by atoms with E-state index in [-0.39, 0.29) is 0 Å². The number of benzene rings is 3. The van der Waals surface area contributed by atoms with Gasteiger partial charge < -0.3 is 9.80 Å². The molecule has 3 aromatic carbocycles. The minimum Gasteiger partial charge on any atom is -0.368 e. The van der Waals surface area contributed by atoms with E-state index in [4.69, 9.17) is 0 Å². The van der Waals surface area contributed by atoms with Crippen LogP contribution >= 0.6 is 0 Å². The fraction of sp³-hybridized carbons (Fsp3) is 0.308. The number of sulfonamides is 1. The third-order valence-electron chi connectivity index (χ3n) is 6.31. The van der Waals surface area contributed by atoms with Crippen LogP contribution in [0.1, 0.15) is 22.3 Å². The van der Waals surface area contributed by atoms with Crippen molar-refractivity contribution in [3.63, 3.8) is 0 Å². The zero-order valence-electron chi connectivity index (χ0n) is 19.2. The summed E-state index contributed by atoms with van der Waals surface area (Å²) in [5, 5.41) is 0. The van der Waals surface area contributed by atoms with E-state index in [1.165, 1.54) is 16.8 Å². The van der Waals surface area contributed by atoms with Gasteiger partial charge in [0.15, 0.2) is 0 Å². The SMILES string of the molecule is Cc1ccc(C)c(S(=O)(=O)Nc2ccc(N3CCN(c4cccc(C)c4C)CC3)cc2)c1. The van der Waals surface area contributed by atoms with Gasteiger partial charge in [0, 0.05) is 43.2 Å². The molecule has 0 aliphatic carbocycles. The Morgan fingerprint density at radius 2 is 1.41 bits per heavy atom. The summed E-state index contributed by atoms with van der Waals surface area (Å²) in [6, 6.07) is 19.6. The monoisotopic (exact) mass is 449 g/mol. The fourth-order valence-corrected chi connectivity index (χ4v) is 5.62. The van der Waals surface area contributed by atoms with Crippen LogP contribution in [0.5, 0.6) is 0 Å². The molecular weight excluding hydrogens is 418 g/mol. The van der Waals surface area contributed by atoms with Crippen molar-refractivity contribution in [2.24, 2.45) is 0 Å². The van der Waals surface area contributed by atoms with E-state index >= 15 is 0 Å². The van der Waals surface area contributed by atoms with E-state index in [1.807, 2.05) is 50.2 Å². The van der Waals surface area contributed by atoms with Gasteiger partial charge in [-0.05, 0) is 86.3 Å². The van der Waals surface area contributed by atoms with Gasteiger partial charge in [0.2, 0.25) is 0 Å². The number of anilines is 3. The van der Waals surface area contributed by atoms with Gasteiger partial charge in [0.05, 0.1) is 4.90 Å². The second-order valence-corrected chi connectivity index (χ2v) is 10.3. The molecule has 168 valence electrons. The first kappa shape index (κ1) is 22.2. The molecule has 1 heterocycles. The predicted molar refractivity (Wildman–Crippen MR) is 134 cm³/mol. The fourth-order valence-electron chi connectivity index (χ4n) is 4.23. The van der Waals surface area contributed by atoms with Gasteiger partial charge in [-0.3, -0.25) is 4.72 Å². The standard InChI is InChI=1S/C26H31N3O2S/c1-19-8-9-21(3)26(18-19)32(30,31)27-23-10-12-24(13-11-23)28-14-16-29(17-15-28)25-7-5-6-20(2)22(25)4/h5-13,18,27H,14-17H2,1-4H3. The van der Waals surface area contributed by atoms with Crippen molar-refractivity contribution >= 4 is 27.1 Å². The molecule has 0 unspecified atom stereocenters. The Hall–Kier alpha value is -2.99. The van der Waals surface area contributed by atoms with Crippen LogP contribution in [0, 0.1) is 27.7 Å². The van der Waals surface area contributed by atoms with Crippen molar-refractivity contribution in [2.75, 3.05) is 40.7 Å². The quantitative estimate of drug-likeness (QED) is 0.592. The van der Waals surface area contributed by atoms with E-state index in [9.17, 15) is 8.42 Å². The average molecular weight is 450 g/mol. The smallest absolute Gasteiger partial charge is 0.262 e. The minimum absolute atomic E-state index is 0.323. The number of nitrogens with one attached hydrogen (secondary N) is 1. The second kappa shape index (κ2) is 8.87. The first-order valence-corrected chi connectivity index (χ1v) is 12.5. The zero-order chi connectivity index (χ0) is 22.9. The third-order valence-corrected chi connectivity index (χ3v) is 7.84. The lowest BCUT2D eigenvalue weighted by molar-refractivity contribution is 0.600. The van der Waals surface area contributed by atoms with E-state index < -0.39 is 10.0 Å². The summed E-state index contributed by atoms with van der Waals surface area (Å²) in [4.78, 5) is 5.12. The number of nitrogens with zero attached hydrogens (tertiary/aromatic N) is 2. The molecule has 0 amide bonds. The molecule has 0 spiro atoms. The summed E-state index contributed by atoms with van der Waals surface area (Å²) < 4.78 is 28.4. The molecule has 1 aliphatic heterocycles. The summed E-state index contributed by atoms with van der Waals surface area (Å²) in [6.45, 7) is 11.8. The Labute approximate surface area is 191 Å². The molecule has 0 atom stereocenters. The molecule has 4 rings (SSSR count). The van der Waals surface area contributed by atoms with Crippen molar-refractivity contribution in [3.8, 4) is 0 Å². The number of hydrogen-bond acceptors (Lipinski definition) is 4. The Morgan fingerprint density at radius 3 is 2.09 bits per heavy atom. The summed E-state index contributed by atoms with van der Waals surface area (Å²) in [7, 11) is -3.62. The first-order chi connectivity index (χ1) is 15.2. The van der Waals surface area contributed by atoms with Crippen LogP contribution < -0.4 is 14.5 Å². The zero-order valence-corrected chi connectivity index (χ0v) is 20.0. The predicted octanol–water partition coefficient (Wildman–Crippen LogP) is 5.05. The van der Waals surface area contributed by atoms with Gasteiger partial charge in [0.25, 0.3) is 10.0 Å². The molecule has 0 aromatic heterocycles. The van der Waals surface area contributed by atoms with Crippen LogP contribution in [0.3, 0.4) is 0 Å². The van der Waals surface area contributed by atoms with Crippen molar-refractivity contribution in [2.45, 2.75) is 32.6 Å².